The Balaban J connectivity index is 1.30. The molecule has 3 N–H and O–H groups in total. The zero-order valence-electron chi connectivity index (χ0n) is 20.8. The lowest BCUT2D eigenvalue weighted by molar-refractivity contribution is -0.0360. The molecule has 1 unspecified atom stereocenters. The molecule has 5 rings (SSSR count). The van der Waals surface area contributed by atoms with Crippen molar-refractivity contribution in [2.24, 2.45) is 11.3 Å². The van der Waals surface area contributed by atoms with Gasteiger partial charge in [0.05, 0.1) is 12.1 Å². The molecule has 2 saturated carbocycles. The van der Waals surface area contributed by atoms with E-state index < -0.39 is 11.7 Å². The van der Waals surface area contributed by atoms with Crippen LogP contribution >= 0.6 is 0 Å². The summed E-state index contributed by atoms with van der Waals surface area (Å²) < 4.78 is 7.39. The molecule has 1 spiro atoms. The van der Waals surface area contributed by atoms with E-state index in [2.05, 4.69) is 6.07 Å². The maximum absolute atomic E-state index is 12.6. The van der Waals surface area contributed by atoms with Gasteiger partial charge in [-0.1, -0.05) is 24.3 Å². The Morgan fingerprint density at radius 2 is 1.97 bits per heavy atom. The maximum Gasteiger partial charge on any atom is 0.410 e. The molecule has 186 valence electrons. The number of ether oxygens (including phenoxy) is 1. The van der Waals surface area contributed by atoms with E-state index in [1.165, 1.54) is 0 Å². The number of hydrogen-bond acceptors (Lipinski definition) is 6. The Bertz CT molecular complexity index is 1150. The van der Waals surface area contributed by atoms with Gasteiger partial charge in [-0.2, -0.15) is 10.4 Å². The number of nitriles is 1. The first-order valence-electron chi connectivity index (χ1n) is 12.6. The third-order valence-electron chi connectivity index (χ3n) is 7.65. The van der Waals surface area contributed by atoms with E-state index in [1.54, 1.807) is 4.68 Å². The molecule has 1 atom stereocenters. The molecule has 8 nitrogen and oxygen atoms in total. The van der Waals surface area contributed by atoms with Gasteiger partial charge >= 0.3 is 6.09 Å². The second-order valence-corrected chi connectivity index (χ2v) is 11.6. The van der Waals surface area contributed by atoms with E-state index >= 15 is 0 Å². The van der Waals surface area contributed by atoms with Crippen molar-refractivity contribution < 1.29 is 14.6 Å². The zero-order chi connectivity index (χ0) is 25.0. The fourth-order valence-electron chi connectivity index (χ4n) is 5.70. The number of likely N-dealkylation sites (tertiary alicyclic amines) is 1. The lowest BCUT2D eigenvalue weighted by atomic mass is 9.61. The van der Waals surface area contributed by atoms with Gasteiger partial charge < -0.3 is 20.5 Å². The molecule has 3 aliphatic rings. The number of amides is 1. The summed E-state index contributed by atoms with van der Waals surface area (Å²) in [6.07, 6.45) is 5.22. The predicted molar refractivity (Wildman–Crippen MR) is 132 cm³/mol. The van der Waals surface area contributed by atoms with Crippen LogP contribution in [0, 0.1) is 22.7 Å². The number of hydrogen-bond donors (Lipinski definition) is 2. The number of anilines is 1. The van der Waals surface area contributed by atoms with E-state index in [0.29, 0.717) is 29.5 Å². The van der Waals surface area contributed by atoms with Crippen molar-refractivity contribution in [1.29, 1.82) is 5.26 Å². The summed E-state index contributed by atoms with van der Waals surface area (Å²) in [6, 6.07) is 10.0. The summed E-state index contributed by atoms with van der Waals surface area (Å²) >= 11 is 0. The second-order valence-electron chi connectivity index (χ2n) is 11.6. The highest BCUT2D eigenvalue weighted by Crippen LogP contribution is 2.54. The van der Waals surface area contributed by atoms with E-state index in [0.717, 1.165) is 56.2 Å². The van der Waals surface area contributed by atoms with E-state index in [1.807, 2.05) is 49.9 Å². The Morgan fingerprint density at radius 3 is 2.57 bits per heavy atom. The summed E-state index contributed by atoms with van der Waals surface area (Å²) in [6.45, 7) is 7.06. The molecule has 8 heteroatoms. The molecule has 0 radical (unpaired) electrons. The molecule has 0 bridgehead atoms. The van der Waals surface area contributed by atoms with Gasteiger partial charge in [-0.05, 0) is 76.2 Å². The molecule has 1 saturated heterocycles. The van der Waals surface area contributed by atoms with Gasteiger partial charge in [0.1, 0.15) is 28.7 Å². The highest BCUT2D eigenvalue weighted by Gasteiger charge is 2.49. The van der Waals surface area contributed by atoms with Gasteiger partial charge in [-0.3, -0.25) is 0 Å². The van der Waals surface area contributed by atoms with Gasteiger partial charge in [0.15, 0.2) is 0 Å². The van der Waals surface area contributed by atoms with Gasteiger partial charge in [-0.25, -0.2) is 9.48 Å². The van der Waals surface area contributed by atoms with E-state index in [9.17, 15) is 15.2 Å². The number of nitrogens with two attached hydrogens (primary N) is 1. The van der Waals surface area contributed by atoms with Gasteiger partial charge in [0, 0.05) is 18.7 Å². The summed E-state index contributed by atoms with van der Waals surface area (Å²) in [7, 11) is 0. The number of rotatable bonds is 4. The van der Waals surface area contributed by atoms with Crippen LogP contribution in [0.5, 0.6) is 0 Å². The standard InChI is InChI=1S/C27H35N5O3/c1-26(2,3)35-25(34)31-12-4-11-27(16-31)13-20(14-27)32-24(29)21(15-28)22(30-32)17-5-7-18(8-6-17)23(33)19-9-10-19/h5-8,19-20,23,33H,4,9-14,16,29H2,1-3H3/t20-,23?,27+. The van der Waals surface area contributed by atoms with Crippen molar-refractivity contribution in [3.05, 3.63) is 35.4 Å². The normalized spacial score (nSPS) is 25.1. The average molecular weight is 478 g/mol. The number of carbonyl (C=O) groups excluding carboxylic acids is 1. The second kappa shape index (κ2) is 8.56. The lowest BCUT2D eigenvalue weighted by Crippen LogP contribution is -2.53. The van der Waals surface area contributed by atoms with Crippen LogP contribution in [-0.4, -0.2) is 44.6 Å². The first kappa shape index (κ1) is 23.7. The average Bonchev–Trinajstić information content (AvgIpc) is 3.59. The van der Waals surface area contributed by atoms with Crippen LogP contribution in [0.1, 0.15) is 82.6 Å². The Morgan fingerprint density at radius 1 is 1.29 bits per heavy atom. The number of aliphatic hydroxyl groups is 1. The first-order valence-corrected chi connectivity index (χ1v) is 12.6. The minimum atomic E-state index is -0.508. The fraction of sp³-hybridized carbons (Fsp3) is 0.593. The Hall–Kier alpha value is -3.05. The molecule has 1 aliphatic heterocycles. The number of carbonyl (C=O) groups is 1. The molecule has 3 fully saturated rings. The topological polar surface area (TPSA) is 117 Å². The minimum absolute atomic E-state index is 0.0474. The number of aromatic nitrogens is 2. The molecule has 35 heavy (non-hydrogen) atoms. The predicted octanol–water partition coefficient (Wildman–Crippen LogP) is 4.80. The van der Waals surface area contributed by atoms with Crippen LogP contribution < -0.4 is 5.73 Å². The van der Waals surface area contributed by atoms with Crippen molar-refractivity contribution in [3.8, 4) is 17.3 Å². The molecular weight excluding hydrogens is 442 g/mol. The summed E-state index contributed by atoms with van der Waals surface area (Å²) in [5, 5.41) is 25.0. The highest BCUT2D eigenvalue weighted by atomic mass is 16.6. The molecule has 1 aromatic carbocycles. The smallest absolute Gasteiger partial charge is 0.410 e. The van der Waals surface area contributed by atoms with Crippen LogP contribution in [0.2, 0.25) is 0 Å². The number of nitrogen functional groups attached to an aromatic ring is 1. The summed E-state index contributed by atoms with van der Waals surface area (Å²) in [5.74, 6) is 0.756. The van der Waals surface area contributed by atoms with Gasteiger partial charge in [-0.15, -0.1) is 0 Å². The van der Waals surface area contributed by atoms with E-state index in [-0.39, 0.29) is 17.6 Å². The largest absolute Gasteiger partial charge is 0.444 e. The third kappa shape index (κ3) is 4.62. The van der Waals surface area contributed by atoms with E-state index in [4.69, 9.17) is 15.6 Å². The Labute approximate surface area is 206 Å². The fourth-order valence-corrected chi connectivity index (χ4v) is 5.70. The SMILES string of the molecule is CC(C)(C)OC(=O)N1CCC[C@]2(C1)C[C@@H](n1nc(-c3ccc(C(O)C4CC4)cc3)c(C#N)c1N)C2. The molecule has 2 heterocycles. The molecular formula is C27H35N5O3. The zero-order valence-corrected chi connectivity index (χ0v) is 20.8. The van der Waals surface area contributed by atoms with Crippen LogP contribution in [0.15, 0.2) is 24.3 Å². The van der Waals surface area contributed by atoms with Gasteiger partial charge in [0.2, 0.25) is 0 Å². The van der Waals surface area contributed by atoms with Crippen LogP contribution in [0.4, 0.5) is 10.6 Å². The van der Waals surface area contributed by atoms with Crippen molar-refractivity contribution in [3.63, 3.8) is 0 Å². The van der Waals surface area contributed by atoms with Crippen LogP contribution in [0.3, 0.4) is 0 Å². The highest BCUT2D eigenvalue weighted by molar-refractivity contribution is 5.73. The number of benzene rings is 1. The third-order valence-corrected chi connectivity index (χ3v) is 7.65. The minimum Gasteiger partial charge on any atom is -0.444 e. The first-order chi connectivity index (χ1) is 16.6. The van der Waals surface area contributed by atoms with Crippen molar-refractivity contribution >= 4 is 11.9 Å². The molecule has 2 aromatic rings. The quantitative estimate of drug-likeness (QED) is 0.653. The van der Waals surface area contributed by atoms with Crippen LogP contribution in [-0.2, 0) is 4.74 Å². The summed E-state index contributed by atoms with van der Waals surface area (Å²) in [5.41, 5.74) is 8.63. The van der Waals surface area contributed by atoms with Crippen LogP contribution in [0.25, 0.3) is 11.3 Å². The number of piperidine rings is 1. The lowest BCUT2D eigenvalue weighted by Gasteiger charge is -2.52. The number of nitrogens with zero attached hydrogens (tertiary/aromatic N) is 4. The van der Waals surface area contributed by atoms with Crippen molar-refractivity contribution in [2.75, 3.05) is 18.8 Å². The maximum atomic E-state index is 12.6. The van der Waals surface area contributed by atoms with Gasteiger partial charge in [0.25, 0.3) is 0 Å². The monoisotopic (exact) mass is 477 g/mol. The molecule has 1 aromatic heterocycles. The molecule has 2 aliphatic carbocycles. The molecule has 1 amide bonds. The van der Waals surface area contributed by atoms with Crippen molar-refractivity contribution in [2.45, 2.75) is 77.0 Å². The Kier molecular flexibility index (Phi) is 5.79. The number of aliphatic hydroxyl groups excluding tert-OH is 1. The van der Waals surface area contributed by atoms with Crippen molar-refractivity contribution in [1.82, 2.24) is 14.7 Å². The summed E-state index contributed by atoms with van der Waals surface area (Å²) in [4.78, 5) is 14.4.